The number of fused-ring (bicyclic) bond motifs is 1. The minimum absolute atomic E-state index is 0. The average molecular weight is 434 g/mol. The van der Waals surface area contributed by atoms with E-state index in [1.165, 1.54) is 0 Å². The molecule has 1 fully saturated rings. The highest BCUT2D eigenvalue weighted by Gasteiger charge is 2.24. The van der Waals surface area contributed by atoms with Gasteiger partial charge in [-0.25, -0.2) is 0 Å². The number of aromatic nitrogens is 1. The number of benzene rings is 2. The molecule has 7 heteroatoms. The van der Waals surface area contributed by atoms with Gasteiger partial charge in [-0.05, 0) is 68.8 Å². The number of hydrogen-bond acceptors (Lipinski definition) is 4. The number of pyridine rings is 1. The van der Waals surface area contributed by atoms with Gasteiger partial charge in [-0.15, -0.1) is 24.8 Å². The Labute approximate surface area is 183 Å². The lowest BCUT2D eigenvalue weighted by atomic mass is 9.92. The molecule has 2 N–H and O–H groups in total. The first-order valence-corrected chi connectivity index (χ1v) is 9.35. The molecule has 0 radical (unpaired) electrons. The summed E-state index contributed by atoms with van der Waals surface area (Å²) >= 11 is 0. The monoisotopic (exact) mass is 433 g/mol. The van der Waals surface area contributed by atoms with Crippen LogP contribution in [0.2, 0.25) is 0 Å². The number of nitrogens with one attached hydrogen (secondary N) is 2. The van der Waals surface area contributed by atoms with Crippen LogP contribution in [0.3, 0.4) is 0 Å². The second-order valence-electron chi connectivity index (χ2n) is 7.02. The van der Waals surface area contributed by atoms with E-state index in [-0.39, 0.29) is 36.6 Å². The summed E-state index contributed by atoms with van der Waals surface area (Å²) in [4.78, 5) is 16.8. The van der Waals surface area contributed by atoms with Crippen molar-refractivity contribution in [3.63, 3.8) is 0 Å². The standard InChI is InChI=1S/C22H23N3O2.2ClH/c1-15-14-16(10-12-23-15)22(26)25-17-6-8-18(9-7-17)27-21-11-13-24-20-5-3-2-4-19(20)21;;/h2-9,11,13,15-16,23H,10,12,14H2,1H3,(H,25,26);2*1H/t15-,16-;;/m0../s1. The Morgan fingerprint density at radius 3 is 2.62 bits per heavy atom. The Morgan fingerprint density at radius 1 is 1.10 bits per heavy atom. The number of hydrogen-bond donors (Lipinski definition) is 2. The van der Waals surface area contributed by atoms with Crippen molar-refractivity contribution in [3.05, 3.63) is 60.8 Å². The van der Waals surface area contributed by atoms with Crippen molar-refractivity contribution < 1.29 is 9.53 Å². The normalized spacial score (nSPS) is 18.2. The fourth-order valence-electron chi connectivity index (χ4n) is 3.51. The highest BCUT2D eigenvalue weighted by molar-refractivity contribution is 5.92. The molecule has 2 atom stereocenters. The second-order valence-corrected chi connectivity index (χ2v) is 7.02. The van der Waals surface area contributed by atoms with Crippen LogP contribution in [-0.2, 0) is 4.79 Å². The first-order chi connectivity index (χ1) is 13.2. The van der Waals surface area contributed by atoms with E-state index in [1.54, 1.807) is 6.20 Å². The van der Waals surface area contributed by atoms with Crippen LogP contribution in [0.1, 0.15) is 19.8 Å². The van der Waals surface area contributed by atoms with Crippen LogP contribution in [-0.4, -0.2) is 23.5 Å². The first kappa shape index (κ1) is 22.9. The van der Waals surface area contributed by atoms with Gasteiger partial charge in [-0.3, -0.25) is 9.78 Å². The fraction of sp³-hybridized carbons (Fsp3) is 0.273. The molecule has 0 spiro atoms. The minimum atomic E-state index is 0. The second kappa shape index (κ2) is 10.4. The zero-order chi connectivity index (χ0) is 18.6. The summed E-state index contributed by atoms with van der Waals surface area (Å²) in [6, 6.07) is 17.6. The van der Waals surface area contributed by atoms with E-state index < -0.39 is 0 Å². The lowest BCUT2D eigenvalue weighted by Gasteiger charge is -2.27. The number of halogens is 2. The molecule has 3 aromatic rings. The zero-order valence-corrected chi connectivity index (χ0v) is 17.8. The van der Waals surface area contributed by atoms with Crippen molar-refractivity contribution in [2.24, 2.45) is 5.92 Å². The van der Waals surface area contributed by atoms with Gasteiger partial charge in [0.15, 0.2) is 0 Å². The molecular formula is C22H25Cl2N3O2. The molecule has 1 amide bonds. The van der Waals surface area contributed by atoms with E-state index in [4.69, 9.17) is 4.74 Å². The largest absolute Gasteiger partial charge is 0.457 e. The van der Waals surface area contributed by atoms with Gasteiger partial charge in [0.2, 0.25) is 5.91 Å². The number of anilines is 1. The van der Waals surface area contributed by atoms with Gasteiger partial charge in [0.25, 0.3) is 0 Å². The molecule has 1 aliphatic rings. The highest BCUT2D eigenvalue weighted by Crippen LogP contribution is 2.29. The van der Waals surface area contributed by atoms with Gasteiger partial charge < -0.3 is 15.4 Å². The number of piperidine rings is 1. The summed E-state index contributed by atoms with van der Waals surface area (Å²) < 4.78 is 6.02. The van der Waals surface area contributed by atoms with Crippen LogP contribution < -0.4 is 15.4 Å². The number of para-hydroxylation sites is 1. The molecule has 154 valence electrons. The van der Waals surface area contributed by atoms with E-state index in [2.05, 4.69) is 22.5 Å². The SMILES string of the molecule is C[C@H]1C[C@@H](C(=O)Nc2ccc(Oc3ccnc4ccccc34)cc2)CCN1.Cl.Cl. The number of nitrogens with zero attached hydrogens (tertiary/aromatic N) is 1. The van der Waals surface area contributed by atoms with Crippen molar-refractivity contribution in [2.45, 2.75) is 25.8 Å². The van der Waals surface area contributed by atoms with Crippen LogP contribution >= 0.6 is 24.8 Å². The smallest absolute Gasteiger partial charge is 0.227 e. The van der Waals surface area contributed by atoms with Crippen LogP contribution in [0.25, 0.3) is 10.9 Å². The maximum atomic E-state index is 12.5. The zero-order valence-electron chi connectivity index (χ0n) is 16.1. The van der Waals surface area contributed by atoms with E-state index in [1.807, 2.05) is 54.6 Å². The number of carbonyl (C=O) groups is 1. The van der Waals surface area contributed by atoms with Crippen molar-refractivity contribution in [1.82, 2.24) is 10.3 Å². The van der Waals surface area contributed by atoms with Gasteiger partial charge in [0, 0.05) is 29.2 Å². The Balaban J connectivity index is 0.00000150. The summed E-state index contributed by atoms with van der Waals surface area (Å²) in [6.07, 6.45) is 3.50. The predicted molar refractivity (Wildman–Crippen MR) is 122 cm³/mol. The quantitative estimate of drug-likeness (QED) is 0.593. The Kier molecular flexibility index (Phi) is 8.26. The molecule has 4 rings (SSSR count). The third kappa shape index (κ3) is 5.60. The first-order valence-electron chi connectivity index (χ1n) is 9.35. The minimum Gasteiger partial charge on any atom is -0.457 e. The van der Waals surface area contributed by atoms with E-state index in [9.17, 15) is 4.79 Å². The molecule has 0 aliphatic carbocycles. The Bertz CT molecular complexity index is 945. The van der Waals surface area contributed by atoms with Gasteiger partial charge in [-0.2, -0.15) is 0 Å². The third-order valence-corrected chi connectivity index (χ3v) is 4.95. The van der Waals surface area contributed by atoms with E-state index >= 15 is 0 Å². The van der Waals surface area contributed by atoms with Crippen molar-refractivity contribution in [1.29, 1.82) is 0 Å². The molecule has 1 aromatic heterocycles. The number of amides is 1. The lowest BCUT2D eigenvalue weighted by molar-refractivity contribution is -0.120. The summed E-state index contributed by atoms with van der Waals surface area (Å²) in [7, 11) is 0. The lowest BCUT2D eigenvalue weighted by Crippen LogP contribution is -2.40. The summed E-state index contributed by atoms with van der Waals surface area (Å²) in [5, 5.41) is 7.36. The summed E-state index contributed by atoms with van der Waals surface area (Å²) in [5.41, 5.74) is 1.69. The van der Waals surface area contributed by atoms with Gasteiger partial charge in [-0.1, -0.05) is 12.1 Å². The molecule has 1 saturated heterocycles. The highest BCUT2D eigenvalue weighted by atomic mass is 35.5. The summed E-state index contributed by atoms with van der Waals surface area (Å²) in [5.74, 6) is 1.65. The van der Waals surface area contributed by atoms with Gasteiger partial charge in [0.1, 0.15) is 11.5 Å². The maximum Gasteiger partial charge on any atom is 0.227 e. The van der Waals surface area contributed by atoms with E-state index in [0.29, 0.717) is 6.04 Å². The van der Waals surface area contributed by atoms with Crippen LogP contribution in [0, 0.1) is 5.92 Å². The molecular weight excluding hydrogens is 409 g/mol. The predicted octanol–water partition coefficient (Wildman–Crippen LogP) is 5.20. The molecule has 5 nitrogen and oxygen atoms in total. The fourth-order valence-corrected chi connectivity index (χ4v) is 3.51. The molecule has 0 unspecified atom stereocenters. The average Bonchev–Trinajstić information content (AvgIpc) is 2.70. The third-order valence-electron chi connectivity index (χ3n) is 4.95. The van der Waals surface area contributed by atoms with Gasteiger partial charge >= 0.3 is 0 Å². The maximum absolute atomic E-state index is 12.5. The van der Waals surface area contributed by atoms with Crippen molar-refractivity contribution in [2.75, 3.05) is 11.9 Å². The molecule has 2 heterocycles. The molecule has 0 bridgehead atoms. The van der Waals surface area contributed by atoms with Crippen LogP contribution in [0.4, 0.5) is 5.69 Å². The van der Waals surface area contributed by atoms with E-state index in [0.717, 1.165) is 47.5 Å². The van der Waals surface area contributed by atoms with Crippen molar-refractivity contribution >= 4 is 47.3 Å². The number of rotatable bonds is 4. The van der Waals surface area contributed by atoms with Crippen LogP contribution in [0.5, 0.6) is 11.5 Å². The Morgan fingerprint density at radius 2 is 1.86 bits per heavy atom. The topological polar surface area (TPSA) is 63.2 Å². The number of ether oxygens (including phenoxy) is 1. The molecule has 2 aromatic carbocycles. The molecule has 1 aliphatic heterocycles. The van der Waals surface area contributed by atoms with Crippen molar-refractivity contribution in [3.8, 4) is 11.5 Å². The van der Waals surface area contributed by atoms with Crippen LogP contribution in [0.15, 0.2) is 60.8 Å². The van der Waals surface area contributed by atoms with Gasteiger partial charge in [0.05, 0.1) is 5.52 Å². The Hall–Kier alpha value is -2.34. The number of carbonyl (C=O) groups excluding carboxylic acids is 1. The molecule has 0 saturated carbocycles. The summed E-state index contributed by atoms with van der Waals surface area (Å²) in [6.45, 7) is 3.01. The molecule has 29 heavy (non-hydrogen) atoms.